The Kier molecular flexibility index (Phi) is 3.58. The third-order valence-electron chi connectivity index (χ3n) is 4.70. The zero-order chi connectivity index (χ0) is 18.4. The van der Waals surface area contributed by atoms with Gasteiger partial charge in [-0.15, -0.1) is 0 Å². The number of fused-ring (bicyclic) bond motifs is 3. The molecule has 2 aromatic carbocycles. The van der Waals surface area contributed by atoms with Gasteiger partial charge in [-0.25, -0.2) is 9.37 Å². The van der Waals surface area contributed by atoms with Crippen molar-refractivity contribution in [2.45, 2.75) is 20.4 Å². The van der Waals surface area contributed by atoms with E-state index in [0.717, 1.165) is 16.1 Å². The van der Waals surface area contributed by atoms with Crippen LogP contribution in [0.1, 0.15) is 33.9 Å². The molecular formula is C20H15FN4O. The van der Waals surface area contributed by atoms with E-state index in [0.29, 0.717) is 22.6 Å². The maximum atomic E-state index is 14.5. The van der Waals surface area contributed by atoms with Crippen LogP contribution in [0.15, 0.2) is 42.5 Å². The van der Waals surface area contributed by atoms with Crippen LogP contribution in [0, 0.1) is 36.2 Å². The number of nitrogens with zero attached hydrogens (tertiary/aromatic N) is 4. The average molecular weight is 346 g/mol. The zero-order valence-corrected chi connectivity index (χ0v) is 14.3. The van der Waals surface area contributed by atoms with Crippen molar-refractivity contribution in [2.24, 2.45) is 0 Å². The fourth-order valence-corrected chi connectivity index (χ4v) is 3.37. The number of hydrogen-bond donors (Lipinski definition) is 0. The summed E-state index contributed by atoms with van der Waals surface area (Å²) in [6.45, 7) is 3.81. The van der Waals surface area contributed by atoms with Crippen LogP contribution >= 0.6 is 0 Å². The Bertz CT molecular complexity index is 1120. The van der Waals surface area contributed by atoms with Crippen LogP contribution in [0.4, 0.5) is 4.39 Å². The van der Waals surface area contributed by atoms with Gasteiger partial charge in [0.1, 0.15) is 5.82 Å². The minimum Gasteiger partial charge on any atom is -0.623 e. The highest BCUT2D eigenvalue weighted by Crippen LogP contribution is 2.28. The molecule has 26 heavy (non-hydrogen) atoms. The molecule has 0 saturated carbocycles. The van der Waals surface area contributed by atoms with Crippen LogP contribution in [0.5, 0.6) is 0 Å². The van der Waals surface area contributed by atoms with E-state index in [9.17, 15) is 14.9 Å². The molecule has 0 N–H and O–H groups in total. The lowest BCUT2D eigenvalue weighted by Gasteiger charge is -2.12. The first kappa shape index (κ1) is 16.0. The zero-order valence-electron chi connectivity index (χ0n) is 14.3. The molecule has 2 heterocycles. The van der Waals surface area contributed by atoms with Crippen LogP contribution in [0.25, 0.3) is 5.69 Å². The molecule has 4 rings (SSSR count). The number of rotatable bonds is 1. The molecule has 1 aliphatic heterocycles. The first-order valence-corrected chi connectivity index (χ1v) is 8.17. The van der Waals surface area contributed by atoms with Gasteiger partial charge in [0, 0.05) is 5.69 Å². The molecule has 5 nitrogen and oxygen atoms in total. The van der Waals surface area contributed by atoms with Crippen LogP contribution in [-0.4, -0.2) is 20.0 Å². The van der Waals surface area contributed by atoms with Crippen LogP contribution in [0.2, 0.25) is 0 Å². The van der Waals surface area contributed by atoms with Crippen molar-refractivity contribution in [2.75, 3.05) is 0 Å². The third kappa shape index (κ3) is 2.29. The highest BCUT2D eigenvalue weighted by Gasteiger charge is 2.30. The molecule has 0 spiro atoms. The predicted molar refractivity (Wildman–Crippen MR) is 94.7 cm³/mol. The van der Waals surface area contributed by atoms with Crippen molar-refractivity contribution in [3.05, 3.63) is 87.4 Å². The minimum atomic E-state index is -0.482. The van der Waals surface area contributed by atoms with E-state index >= 15 is 0 Å². The third-order valence-corrected chi connectivity index (χ3v) is 4.70. The summed E-state index contributed by atoms with van der Waals surface area (Å²) in [6.07, 6.45) is 0. The molecule has 0 fully saturated rings. The van der Waals surface area contributed by atoms with E-state index in [1.54, 1.807) is 36.4 Å². The van der Waals surface area contributed by atoms with Gasteiger partial charge < -0.3 is 5.21 Å². The molecule has 3 aromatic rings. The first-order valence-electron chi connectivity index (χ1n) is 8.17. The molecular weight excluding hydrogens is 331 g/mol. The quantitative estimate of drug-likeness (QED) is 0.501. The maximum Gasteiger partial charge on any atom is 0.231 e. The van der Waals surface area contributed by atoms with Gasteiger partial charge in [0.15, 0.2) is 5.82 Å². The second-order valence-corrected chi connectivity index (χ2v) is 6.24. The van der Waals surface area contributed by atoms with Crippen molar-refractivity contribution in [3.63, 3.8) is 0 Å². The van der Waals surface area contributed by atoms with Crippen molar-refractivity contribution in [1.82, 2.24) is 9.55 Å². The first-order chi connectivity index (χ1) is 12.5. The van der Waals surface area contributed by atoms with Crippen molar-refractivity contribution < 1.29 is 9.13 Å². The van der Waals surface area contributed by atoms with Gasteiger partial charge in [-0.05, 0) is 44.2 Å². The summed E-state index contributed by atoms with van der Waals surface area (Å²) in [4.78, 5) is 4.50. The fraction of sp³-hybridized carbons (Fsp3) is 0.150. The smallest absolute Gasteiger partial charge is 0.231 e. The molecule has 1 aromatic heterocycles. The fourth-order valence-electron chi connectivity index (χ4n) is 3.37. The Hall–Kier alpha value is -3.46. The van der Waals surface area contributed by atoms with E-state index in [4.69, 9.17) is 0 Å². The monoisotopic (exact) mass is 346 g/mol. The number of aromatic nitrogens is 2. The Balaban J connectivity index is 2.11. The SMILES string of the molecule is Cc1nc2n(c1C)-c1ccc(C#N)cc1C(c1ccccc1F)=[N+]([O-])C2. The van der Waals surface area contributed by atoms with E-state index in [-0.39, 0.29) is 17.8 Å². The number of benzene rings is 2. The Morgan fingerprint density at radius 3 is 2.69 bits per heavy atom. The van der Waals surface area contributed by atoms with Crippen molar-refractivity contribution >= 4 is 5.71 Å². The molecule has 0 saturated heterocycles. The molecule has 6 heteroatoms. The molecule has 0 bridgehead atoms. The lowest BCUT2D eigenvalue weighted by atomic mass is 9.98. The summed E-state index contributed by atoms with van der Waals surface area (Å²) in [5.74, 6) is 0.108. The molecule has 1 aliphatic rings. The Labute approximate surface area is 149 Å². The standard InChI is InChI=1S/C20H15FN4O/c1-12-13(2)25-18-8-7-14(10-22)9-16(18)20(24(26)11-19(25)23-12)15-5-3-4-6-17(15)21/h3-9H,11H2,1-2H3. The van der Waals surface area contributed by atoms with Gasteiger partial charge in [-0.3, -0.25) is 4.57 Å². The highest BCUT2D eigenvalue weighted by atomic mass is 19.1. The summed E-state index contributed by atoms with van der Waals surface area (Å²) in [6, 6.07) is 13.4. The summed E-state index contributed by atoms with van der Waals surface area (Å²) >= 11 is 0. The molecule has 0 unspecified atom stereocenters. The molecule has 0 atom stereocenters. The number of nitriles is 1. The maximum absolute atomic E-state index is 14.5. The van der Waals surface area contributed by atoms with Gasteiger partial charge in [0.2, 0.25) is 12.3 Å². The predicted octanol–water partition coefficient (Wildman–Crippen LogP) is 3.36. The Morgan fingerprint density at radius 1 is 1.19 bits per heavy atom. The normalized spacial score (nSPS) is 13.0. The van der Waals surface area contributed by atoms with Gasteiger partial charge in [-0.1, -0.05) is 12.1 Å². The van der Waals surface area contributed by atoms with E-state index in [2.05, 4.69) is 11.1 Å². The van der Waals surface area contributed by atoms with E-state index < -0.39 is 5.82 Å². The molecule has 0 amide bonds. The lowest BCUT2D eigenvalue weighted by Crippen LogP contribution is -2.19. The number of halogens is 1. The summed E-state index contributed by atoms with van der Waals surface area (Å²) in [5, 5.41) is 22.3. The second-order valence-electron chi connectivity index (χ2n) is 6.24. The van der Waals surface area contributed by atoms with Gasteiger partial charge in [-0.2, -0.15) is 10.0 Å². The lowest BCUT2D eigenvalue weighted by molar-refractivity contribution is -0.475. The molecule has 0 aliphatic carbocycles. The Morgan fingerprint density at radius 2 is 1.96 bits per heavy atom. The highest BCUT2D eigenvalue weighted by molar-refractivity contribution is 6.12. The van der Waals surface area contributed by atoms with Crippen LogP contribution in [-0.2, 0) is 6.54 Å². The van der Waals surface area contributed by atoms with E-state index in [1.807, 2.05) is 18.4 Å². The van der Waals surface area contributed by atoms with Crippen LogP contribution < -0.4 is 0 Å². The average Bonchev–Trinajstić information content (AvgIpc) is 2.83. The molecule has 0 radical (unpaired) electrons. The van der Waals surface area contributed by atoms with Crippen molar-refractivity contribution in [3.8, 4) is 11.8 Å². The number of imidazole rings is 1. The number of hydrogen-bond acceptors (Lipinski definition) is 3. The van der Waals surface area contributed by atoms with Gasteiger partial charge >= 0.3 is 0 Å². The number of aryl methyl sites for hydroxylation is 1. The minimum absolute atomic E-state index is 0.00505. The summed E-state index contributed by atoms with van der Waals surface area (Å²) < 4.78 is 17.1. The van der Waals surface area contributed by atoms with Crippen LogP contribution in [0.3, 0.4) is 0 Å². The number of hydroxylamine groups is 1. The largest absolute Gasteiger partial charge is 0.623 e. The summed E-state index contributed by atoms with van der Waals surface area (Å²) in [5.41, 5.74) is 3.80. The summed E-state index contributed by atoms with van der Waals surface area (Å²) in [7, 11) is 0. The van der Waals surface area contributed by atoms with Gasteiger partial charge in [0.05, 0.1) is 34.1 Å². The molecule has 128 valence electrons. The van der Waals surface area contributed by atoms with E-state index in [1.165, 1.54) is 6.07 Å². The topological polar surface area (TPSA) is 67.7 Å². The van der Waals surface area contributed by atoms with Gasteiger partial charge in [0.25, 0.3) is 0 Å². The second kappa shape index (κ2) is 5.81. The van der Waals surface area contributed by atoms with Crippen molar-refractivity contribution in [1.29, 1.82) is 5.26 Å².